The van der Waals surface area contributed by atoms with Crippen LogP contribution in [0.5, 0.6) is 0 Å². The highest BCUT2D eigenvalue weighted by atomic mass is 35.5. The molecule has 1 unspecified atom stereocenters. The molecule has 0 spiro atoms. The molecule has 8 nitrogen and oxygen atoms in total. The lowest BCUT2D eigenvalue weighted by atomic mass is 10.0. The molecule has 10 heteroatoms. The van der Waals surface area contributed by atoms with E-state index < -0.39 is 28.9 Å². The van der Waals surface area contributed by atoms with Gasteiger partial charge >= 0.3 is 5.97 Å². The second kappa shape index (κ2) is 17.2. The fraction of sp³-hybridized carbons (Fsp3) is 0.0233. The summed E-state index contributed by atoms with van der Waals surface area (Å²) in [6.07, 6.45) is 1.62. The Kier molecular flexibility index (Phi) is 11.8. The summed E-state index contributed by atoms with van der Waals surface area (Å²) in [6, 6.07) is 46.5. The first kappa shape index (κ1) is 36.4. The first-order valence-corrected chi connectivity index (χ1v) is 17.7. The Bertz CT molecular complexity index is 2270. The summed E-state index contributed by atoms with van der Waals surface area (Å²) in [6.45, 7) is 0. The minimum atomic E-state index is -1.14. The van der Waals surface area contributed by atoms with Gasteiger partial charge in [0.2, 0.25) is 5.91 Å². The Labute approximate surface area is 315 Å². The Morgan fingerprint density at radius 3 is 1.89 bits per heavy atom. The predicted molar refractivity (Wildman–Crippen MR) is 211 cm³/mol. The van der Waals surface area contributed by atoms with E-state index in [9.17, 15) is 24.3 Å². The van der Waals surface area contributed by atoms with Gasteiger partial charge in [0.1, 0.15) is 10.9 Å². The van der Waals surface area contributed by atoms with E-state index in [1.54, 1.807) is 60.7 Å². The highest BCUT2D eigenvalue weighted by molar-refractivity contribution is 8.00. The molecule has 4 N–H and O–H groups in total. The van der Waals surface area contributed by atoms with Crippen molar-refractivity contribution in [1.29, 1.82) is 0 Å². The van der Waals surface area contributed by atoms with Crippen molar-refractivity contribution in [2.45, 2.75) is 10.1 Å². The molecule has 0 radical (unpaired) electrons. The van der Waals surface area contributed by atoms with Gasteiger partial charge in [0.25, 0.3) is 11.8 Å². The number of benzene rings is 6. The van der Waals surface area contributed by atoms with E-state index in [-0.39, 0.29) is 22.0 Å². The number of halogens is 1. The van der Waals surface area contributed by atoms with Crippen LogP contribution in [0.3, 0.4) is 0 Å². The van der Waals surface area contributed by atoms with Gasteiger partial charge in [-0.2, -0.15) is 0 Å². The first-order chi connectivity index (χ1) is 25.7. The van der Waals surface area contributed by atoms with Gasteiger partial charge in [0.15, 0.2) is 0 Å². The average Bonchev–Trinajstić information content (AvgIpc) is 3.19. The van der Waals surface area contributed by atoms with Crippen LogP contribution in [-0.4, -0.2) is 28.8 Å². The normalized spacial score (nSPS) is 11.6. The second-order valence-electron chi connectivity index (χ2n) is 11.7. The molecule has 3 amide bonds. The van der Waals surface area contributed by atoms with Crippen LogP contribution < -0.4 is 16.0 Å². The highest BCUT2D eigenvalue weighted by Gasteiger charge is 2.24. The van der Waals surface area contributed by atoms with Crippen molar-refractivity contribution in [3.8, 4) is 11.1 Å². The summed E-state index contributed by atoms with van der Waals surface area (Å²) in [7, 11) is 0. The molecule has 0 saturated carbocycles. The summed E-state index contributed by atoms with van der Waals surface area (Å²) in [4.78, 5) is 52.7. The molecule has 6 rings (SSSR count). The van der Waals surface area contributed by atoms with Gasteiger partial charge in [0.05, 0.1) is 16.3 Å². The van der Waals surface area contributed by atoms with E-state index >= 15 is 0 Å². The van der Waals surface area contributed by atoms with Crippen molar-refractivity contribution in [3.05, 3.63) is 191 Å². The third-order valence-corrected chi connectivity index (χ3v) is 9.63. The van der Waals surface area contributed by atoms with E-state index in [1.807, 2.05) is 84.9 Å². The topological polar surface area (TPSA) is 125 Å². The van der Waals surface area contributed by atoms with Gasteiger partial charge in [-0.1, -0.05) is 115 Å². The molecular weight excluding hydrogens is 706 g/mol. The van der Waals surface area contributed by atoms with Crippen LogP contribution in [0.25, 0.3) is 17.2 Å². The van der Waals surface area contributed by atoms with Crippen LogP contribution in [0.15, 0.2) is 168 Å². The lowest BCUT2D eigenvalue weighted by molar-refractivity contribution is -0.116. The standard InChI is InChI=1S/C43H32ClN3O5S/c44-36-25-20-33(43(51)52)27-37(36)46-42(50)39(31-12-6-2-7-13-31)53-35-23-21-34(22-24-35)45-41(49)38(47-40(48)32-14-8-3-9-15-32)26-28-16-18-30(19-17-28)29-10-4-1-5-11-29/h1-27,39H,(H,45,49)(H,46,50)(H,47,48)(H,51,52)/b38-26-. The average molecular weight is 738 g/mol. The second-order valence-corrected chi connectivity index (χ2v) is 13.3. The third kappa shape index (κ3) is 9.68. The van der Waals surface area contributed by atoms with Crippen LogP contribution in [-0.2, 0) is 9.59 Å². The van der Waals surface area contributed by atoms with E-state index in [1.165, 1.54) is 30.0 Å². The molecule has 53 heavy (non-hydrogen) atoms. The van der Waals surface area contributed by atoms with Crippen LogP contribution in [0.4, 0.5) is 11.4 Å². The number of carbonyl (C=O) groups excluding carboxylic acids is 3. The highest BCUT2D eigenvalue weighted by Crippen LogP contribution is 2.37. The number of carbonyl (C=O) groups is 4. The Morgan fingerprint density at radius 2 is 1.25 bits per heavy atom. The maximum Gasteiger partial charge on any atom is 0.335 e. The molecule has 0 saturated heterocycles. The maximum atomic E-state index is 13.7. The summed E-state index contributed by atoms with van der Waals surface area (Å²) < 4.78 is 0. The number of thioether (sulfide) groups is 1. The predicted octanol–water partition coefficient (Wildman–Crippen LogP) is 9.59. The number of hydrogen-bond donors (Lipinski definition) is 4. The Balaban J connectivity index is 1.20. The van der Waals surface area contributed by atoms with Crippen LogP contribution >= 0.6 is 23.4 Å². The molecule has 262 valence electrons. The summed E-state index contributed by atoms with van der Waals surface area (Å²) in [5, 5.41) is 17.3. The van der Waals surface area contributed by atoms with Gasteiger partial charge in [-0.25, -0.2) is 4.79 Å². The van der Waals surface area contributed by atoms with E-state index in [2.05, 4.69) is 16.0 Å². The molecular formula is C43H32ClN3O5S. The molecule has 6 aromatic rings. The number of hydrogen-bond acceptors (Lipinski definition) is 5. The quantitative estimate of drug-likeness (QED) is 0.0733. The summed E-state index contributed by atoms with van der Waals surface area (Å²) in [5.74, 6) is -2.49. The number of aromatic carboxylic acids is 1. The molecule has 0 aliphatic carbocycles. The number of carboxylic acids is 1. The van der Waals surface area contributed by atoms with Crippen LogP contribution in [0.1, 0.15) is 37.1 Å². The molecule has 1 atom stereocenters. The minimum Gasteiger partial charge on any atom is -0.478 e. The Morgan fingerprint density at radius 1 is 0.642 bits per heavy atom. The minimum absolute atomic E-state index is 0.00940. The Hall–Kier alpha value is -6.42. The zero-order valence-corrected chi connectivity index (χ0v) is 29.6. The molecule has 0 heterocycles. The summed E-state index contributed by atoms with van der Waals surface area (Å²) in [5.41, 5.74) is 4.62. The smallest absolute Gasteiger partial charge is 0.335 e. The fourth-order valence-corrected chi connectivity index (χ4v) is 6.51. The molecule has 0 aliphatic heterocycles. The van der Waals surface area contributed by atoms with Crippen molar-refractivity contribution in [2.24, 2.45) is 0 Å². The summed E-state index contributed by atoms with van der Waals surface area (Å²) >= 11 is 7.57. The van der Waals surface area contributed by atoms with Gasteiger partial charge in [-0.05, 0) is 82.9 Å². The number of rotatable bonds is 12. The first-order valence-electron chi connectivity index (χ1n) is 16.4. The number of carboxylic acid groups (broad SMARTS) is 1. The van der Waals surface area contributed by atoms with Crippen molar-refractivity contribution < 1.29 is 24.3 Å². The lowest BCUT2D eigenvalue weighted by Gasteiger charge is -2.18. The molecule has 0 aromatic heterocycles. The largest absolute Gasteiger partial charge is 0.478 e. The number of anilines is 2. The lowest BCUT2D eigenvalue weighted by Crippen LogP contribution is -2.30. The van der Waals surface area contributed by atoms with Crippen molar-refractivity contribution in [2.75, 3.05) is 10.6 Å². The molecule has 6 aromatic carbocycles. The van der Waals surface area contributed by atoms with Crippen molar-refractivity contribution >= 4 is 64.5 Å². The molecule has 0 fully saturated rings. The third-order valence-electron chi connectivity index (χ3n) is 8.04. The van der Waals surface area contributed by atoms with Gasteiger partial charge in [-0.3, -0.25) is 14.4 Å². The van der Waals surface area contributed by atoms with E-state index in [4.69, 9.17) is 11.6 Å². The van der Waals surface area contributed by atoms with E-state index in [0.717, 1.165) is 27.1 Å². The molecule has 0 aliphatic rings. The molecule has 0 bridgehead atoms. The zero-order valence-electron chi connectivity index (χ0n) is 28.0. The van der Waals surface area contributed by atoms with Crippen molar-refractivity contribution in [3.63, 3.8) is 0 Å². The van der Waals surface area contributed by atoms with Crippen LogP contribution in [0, 0.1) is 0 Å². The number of amides is 3. The number of nitrogens with one attached hydrogen (secondary N) is 3. The zero-order chi connectivity index (χ0) is 37.2. The van der Waals surface area contributed by atoms with Crippen LogP contribution in [0.2, 0.25) is 5.02 Å². The monoisotopic (exact) mass is 737 g/mol. The SMILES string of the molecule is O=C(Nc1ccc(SC(C(=O)Nc2cc(C(=O)O)ccc2Cl)c2ccccc2)cc1)/C(=C/c1ccc(-c2ccccc2)cc1)NC(=O)c1ccccc1. The van der Waals surface area contributed by atoms with Crippen molar-refractivity contribution in [1.82, 2.24) is 5.32 Å². The van der Waals surface area contributed by atoms with Gasteiger partial charge in [-0.15, -0.1) is 11.8 Å². The van der Waals surface area contributed by atoms with Gasteiger partial charge in [0, 0.05) is 16.1 Å². The van der Waals surface area contributed by atoms with Gasteiger partial charge < -0.3 is 21.1 Å². The maximum absolute atomic E-state index is 13.7. The fourth-order valence-electron chi connectivity index (χ4n) is 5.32. The van der Waals surface area contributed by atoms with E-state index in [0.29, 0.717) is 11.3 Å².